The zero-order valence-electron chi connectivity index (χ0n) is 14.6. The number of piperazine rings is 1. The number of sulfonamides is 1. The summed E-state index contributed by atoms with van der Waals surface area (Å²) in [6.45, 7) is 6.15. The Labute approximate surface area is 151 Å². The first-order chi connectivity index (χ1) is 12.4. The van der Waals surface area contributed by atoms with Gasteiger partial charge in [0.1, 0.15) is 0 Å². The van der Waals surface area contributed by atoms with Gasteiger partial charge < -0.3 is 19.8 Å². The van der Waals surface area contributed by atoms with Crippen LogP contribution in [0.15, 0.2) is 27.9 Å². The maximum absolute atomic E-state index is 12.4. The van der Waals surface area contributed by atoms with E-state index < -0.39 is 15.7 Å². The number of fused-ring (bicyclic) bond motifs is 1. The lowest BCUT2D eigenvalue weighted by molar-refractivity contribution is -0.132. The van der Waals surface area contributed by atoms with Crippen molar-refractivity contribution in [3.63, 3.8) is 0 Å². The summed E-state index contributed by atoms with van der Waals surface area (Å²) < 4.78 is 27.2. The van der Waals surface area contributed by atoms with Crippen LogP contribution in [0, 0.1) is 0 Å². The molecule has 1 saturated heterocycles. The maximum Gasteiger partial charge on any atom is 0.323 e. The first kappa shape index (κ1) is 18.6. The monoisotopic (exact) mass is 381 g/mol. The smallest absolute Gasteiger partial charge is 0.323 e. The Morgan fingerprint density at radius 3 is 2.54 bits per heavy atom. The predicted octanol–water partition coefficient (Wildman–Crippen LogP) is -0.311. The number of rotatable bonds is 6. The Morgan fingerprint density at radius 2 is 1.85 bits per heavy atom. The van der Waals surface area contributed by atoms with E-state index in [4.69, 9.17) is 0 Å². The van der Waals surface area contributed by atoms with Gasteiger partial charge in [0.2, 0.25) is 15.9 Å². The highest BCUT2D eigenvalue weighted by atomic mass is 32.2. The maximum atomic E-state index is 12.4. The van der Waals surface area contributed by atoms with Gasteiger partial charge in [-0.25, -0.2) is 17.9 Å². The summed E-state index contributed by atoms with van der Waals surface area (Å²) in [6, 6.07) is 4.34. The van der Waals surface area contributed by atoms with E-state index in [-0.39, 0.29) is 23.8 Å². The molecule has 1 aromatic heterocycles. The number of aromatic nitrogens is 2. The minimum Gasteiger partial charge on any atom is -0.340 e. The molecule has 0 unspecified atom stereocenters. The van der Waals surface area contributed by atoms with Crippen LogP contribution in [0.3, 0.4) is 0 Å². The molecule has 1 aliphatic rings. The van der Waals surface area contributed by atoms with Gasteiger partial charge in [-0.15, -0.1) is 0 Å². The summed E-state index contributed by atoms with van der Waals surface area (Å²) in [5, 5.41) is 0. The van der Waals surface area contributed by atoms with Crippen LogP contribution in [0.1, 0.15) is 13.3 Å². The van der Waals surface area contributed by atoms with Gasteiger partial charge in [0.15, 0.2) is 0 Å². The van der Waals surface area contributed by atoms with Crippen molar-refractivity contribution >= 4 is 27.0 Å². The molecule has 0 radical (unpaired) electrons. The molecule has 2 aromatic rings. The molecular formula is C16H23N5O4S. The lowest BCUT2D eigenvalue weighted by Crippen LogP contribution is -2.49. The fourth-order valence-electron chi connectivity index (χ4n) is 3.03. The number of nitrogens with one attached hydrogen (secondary N) is 3. The fraction of sp³-hybridized carbons (Fsp3) is 0.500. The van der Waals surface area contributed by atoms with Gasteiger partial charge in [-0.3, -0.25) is 4.79 Å². The van der Waals surface area contributed by atoms with Crippen LogP contribution in [0.2, 0.25) is 0 Å². The van der Waals surface area contributed by atoms with Crippen molar-refractivity contribution in [2.45, 2.75) is 18.2 Å². The molecule has 0 aliphatic carbocycles. The van der Waals surface area contributed by atoms with Gasteiger partial charge in [0, 0.05) is 39.1 Å². The van der Waals surface area contributed by atoms with Crippen LogP contribution in [0.4, 0.5) is 0 Å². The number of carbonyl (C=O) groups is 1. The molecule has 3 N–H and O–H groups in total. The third kappa shape index (κ3) is 4.14. The normalized spacial score (nSPS) is 16.3. The van der Waals surface area contributed by atoms with Crippen LogP contribution in [-0.4, -0.2) is 73.4 Å². The van der Waals surface area contributed by atoms with Crippen molar-refractivity contribution in [3.05, 3.63) is 28.7 Å². The topological polar surface area (TPSA) is 118 Å². The zero-order valence-corrected chi connectivity index (χ0v) is 15.4. The second kappa shape index (κ2) is 7.60. The molecule has 3 rings (SSSR count). The molecule has 26 heavy (non-hydrogen) atoms. The SMILES string of the molecule is CCN1CCN(C(=O)CCNS(=O)(=O)c2ccc3[nH]c(=O)[nH]c3c2)CC1. The highest BCUT2D eigenvalue weighted by Gasteiger charge is 2.21. The van der Waals surface area contributed by atoms with Crippen LogP contribution in [-0.2, 0) is 14.8 Å². The average molecular weight is 381 g/mol. The van der Waals surface area contributed by atoms with E-state index >= 15 is 0 Å². The number of nitrogens with zero attached hydrogens (tertiary/aromatic N) is 2. The van der Waals surface area contributed by atoms with Crippen LogP contribution in [0.25, 0.3) is 11.0 Å². The Hall–Kier alpha value is -2.17. The zero-order chi connectivity index (χ0) is 18.7. The van der Waals surface area contributed by atoms with Gasteiger partial charge in [0.25, 0.3) is 0 Å². The van der Waals surface area contributed by atoms with Gasteiger partial charge in [-0.2, -0.15) is 0 Å². The van der Waals surface area contributed by atoms with Crippen molar-refractivity contribution in [1.82, 2.24) is 24.5 Å². The Bertz CT molecular complexity index is 941. The Kier molecular flexibility index (Phi) is 5.44. The molecule has 2 heterocycles. The van der Waals surface area contributed by atoms with E-state index in [0.29, 0.717) is 24.1 Å². The van der Waals surface area contributed by atoms with Crippen LogP contribution < -0.4 is 10.4 Å². The predicted molar refractivity (Wildman–Crippen MR) is 97.4 cm³/mol. The fourth-order valence-corrected chi connectivity index (χ4v) is 4.08. The molecule has 1 amide bonds. The van der Waals surface area contributed by atoms with E-state index in [2.05, 4.69) is 26.5 Å². The van der Waals surface area contributed by atoms with Gasteiger partial charge in [-0.05, 0) is 24.7 Å². The summed E-state index contributed by atoms with van der Waals surface area (Å²) in [4.78, 5) is 32.7. The second-order valence-electron chi connectivity index (χ2n) is 6.25. The molecular weight excluding hydrogens is 358 g/mol. The summed E-state index contributed by atoms with van der Waals surface area (Å²) >= 11 is 0. The number of likely N-dealkylation sites (N-methyl/N-ethyl adjacent to an activating group) is 1. The minimum absolute atomic E-state index is 0.0385. The molecule has 10 heteroatoms. The van der Waals surface area contributed by atoms with Crippen molar-refractivity contribution in [1.29, 1.82) is 0 Å². The van der Waals surface area contributed by atoms with E-state index in [0.717, 1.165) is 19.6 Å². The number of hydrogen-bond acceptors (Lipinski definition) is 5. The molecule has 0 bridgehead atoms. The van der Waals surface area contributed by atoms with Crippen molar-refractivity contribution in [3.8, 4) is 0 Å². The quantitative estimate of drug-likeness (QED) is 0.634. The number of aromatic amines is 2. The van der Waals surface area contributed by atoms with Gasteiger partial charge >= 0.3 is 5.69 Å². The Balaban J connectivity index is 1.56. The molecule has 0 saturated carbocycles. The van der Waals surface area contributed by atoms with Crippen molar-refractivity contribution in [2.75, 3.05) is 39.3 Å². The second-order valence-corrected chi connectivity index (χ2v) is 8.02. The largest absolute Gasteiger partial charge is 0.340 e. The standard InChI is InChI=1S/C16H23N5O4S/c1-2-20-7-9-21(10-8-20)15(22)5-6-17-26(24,25)12-3-4-13-14(11-12)19-16(23)18-13/h3-4,11,17H,2,5-10H2,1H3,(H2,18,19,23). The lowest BCUT2D eigenvalue weighted by atomic mass is 10.3. The molecule has 142 valence electrons. The third-order valence-electron chi connectivity index (χ3n) is 4.60. The number of H-pyrrole nitrogens is 2. The number of carbonyl (C=O) groups excluding carboxylic acids is 1. The number of hydrogen-bond donors (Lipinski definition) is 3. The van der Waals surface area contributed by atoms with Crippen LogP contribution >= 0.6 is 0 Å². The van der Waals surface area contributed by atoms with Crippen molar-refractivity contribution < 1.29 is 13.2 Å². The summed E-state index contributed by atoms with van der Waals surface area (Å²) in [7, 11) is -3.75. The van der Waals surface area contributed by atoms with Crippen LogP contribution in [0.5, 0.6) is 0 Å². The lowest BCUT2D eigenvalue weighted by Gasteiger charge is -2.34. The van der Waals surface area contributed by atoms with E-state index in [1.807, 2.05) is 0 Å². The highest BCUT2D eigenvalue weighted by Crippen LogP contribution is 2.15. The molecule has 1 fully saturated rings. The molecule has 1 aromatic carbocycles. The Morgan fingerprint density at radius 1 is 1.15 bits per heavy atom. The molecule has 9 nitrogen and oxygen atoms in total. The van der Waals surface area contributed by atoms with E-state index in [1.54, 1.807) is 4.90 Å². The highest BCUT2D eigenvalue weighted by molar-refractivity contribution is 7.89. The third-order valence-corrected chi connectivity index (χ3v) is 6.06. The number of amides is 1. The number of imidazole rings is 1. The van der Waals surface area contributed by atoms with E-state index in [1.165, 1.54) is 18.2 Å². The first-order valence-electron chi connectivity index (χ1n) is 8.61. The minimum atomic E-state index is -3.75. The first-order valence-corrected chi connectivity index (χ1v) is 10.1. The van der Waals surface area contributed by atoms with Gasteiger partial charge in [-0.1, -0.05) is 6.92 Å². The summed E-state index contributed by atoms with van der Waals surface area (Å²) in [5.74, 6) is -0.0473. The summed E-state index contributed by atoms with van der Waals surface area (Å²) in [5.41, 5.74) is 0.564. The molecule has 0 spiro atoms. The van der Waals surface area contributed by atoms with E-state index in [9.17, 15) is 18.0 Å². The van der Waals surface area contributed by atoms with Crippen molar-refractivity contribution in [2.24, 2.45) is 0 Å². The molecule has 1 aliphatic heterocycles. The van der Waals surface area contributed by atoms with Gasteiger partial charge in [0.05, 0.1) is 15.9 Å². The molecule has 0 atom stereocenters. The average Bonchev–Trinajstić information content (AvgIpc) is 3.00. The summed E-state index contributed by atoms with van der Waals surface area (Å²) in [6.07, 6.45) is 0.120. The number of benzene rings is 1.